The molecule has 0 bridgehead atoms. The predicted molar refractivity (Wildman–Crippen MR) is 426 cm³/mol. The van der Waals surface area contributed by atoms with Gasteiger partial charge in [0, 0.05) is 19.3 Å². The summed E-state index contributed by atoms with van der Waals surface area (Å²) in [5, 5.41) is 10.6. The molecule has 0 aromatic heterocycles. The summed E-state index contributed by atoms with van der Waals surface area (Å²) in [7, 11) is -10.0. The molecule has 104 heavy (non-hydrogen) atoms. The molecular formula is C85H132O17P2. The number of esters is 4. The summed E-state index contributed by atoms with van der Waals surface area (Å²) in [6, 6.07) is 0. The van der Waals surface area contributed by atoms with E-state index in [-0.39, 0.29) is 25.7 Å². The van der Waals surface area contributed by atoms with Crippen LogP contribution in [0.25, 0.3) is 0 Å². The summed E-state index contributed by atoms with van der Waals surface area (Å²) < 4.78 is 68.2. The molecule has 0 radical (unpaired) electrons. The van der Waals surface area contributed by atoms with Gasteiger partial charge in [0.15, 0.2) is 12.2 Å². The first-order chi connectivity index (χ1) is 50.7. The van der Waals surface area contributed by atoms with Gasteiger partial charge in [-0.15, -0.1) is 0 Å². The molecular weight excluding hydrogens is 1350 g/mol. The molecule has 0 aliphatic rings. The number of phosphoric ester groups is 2. The Balaban J connectivity index is 5.57. The van der Waals surface area contributed by atoms with E-state index in [1.165, 1.54) is 19.3 Å². The number of ether oxygens (including phenoxy) is 4. The Labute approximate surface area is 627 Å². The van der Waals surface area contributed by atoms with Crippen LogP contribution in [0, 0.1) is 0 Å². The van der Waals surface area contributed by atoms with Crippen molar-refractivity contribution in [2.45, 2.75) is 264 Å². The molecule has 0 saturated heterocycles. The van der Waals surface area contributed by atoms with Gasteiger partial charge in [-0.05, 0) is 161 Å². The van der Waals surface area contributed by atoms with Crippen molar-refractivity contribution >= 4 is 39.5 Å². The van der Waals surface area contributed by atoms with Crippen molar-refractivity contribution < 1.29 is 80.2 Å². The standard InChI is InChI=1S/C85H132O17P2/c1-5-9-13-17-21-25-29-33-37-38-39-40-44-46-50-54-58-62-66-70-83(88)96-76-81(102-85(90)72-68-64-60-56-52-48-43-36-32-28-24-20-16-12-8-4)78-100-104(93,94)98-74-79(86)73-97-103(91,92)99-77-80(101-84(89)71-67-63-59-55-51-47-42-35-31-27-23-19-15-11-7-3)75-95-82(87)69-65-61-57-53-49-45-41-34-30-26-22-18-14-10-6-2/h9-10,12-14,16,21-28,33-37,39-43,46,49-50,52-53,56,58,62,64,68,79-81,86H,5-8,11,15,17-20,29-32,38,44-45,47-48,51,54-55,57,59-61,63,65-67,69-78H2,1-4H3,(H,91,92)(H,93,94)/b13-9-,14-10-,16-12-,25-21-,26-22-,27-23-,28-24-,37-33-,40-39-,41-34-,42-35-,43-36-,50-46-,53-49-,56-52-,62-58-,68-64-. The Morgan fingerprint density at radius 2 is 0.558 bits per heavy atom. The van der Waals surface area contributed by atoms with Gasteiger partial charge in [0.05, 0.1) is 32.8 Å². The second kappa shape index (κ2) is 74.9. The molecule has 0 aliphatic heterocycles. The highest BCUT2D eigenvalue weighted by molar-refractivity contribution is 7.47. The van der Waals surface area contributed by atoms with E-state index in [4.69, 9.17) is 37.0 Å². The fraction of sp³-hybridized carbons (Fsp3) is 0.553. The Morgan fingerprint density at radius 3 is 0.933 bits per heavy atom. The topological polar surface area (TPSA) is 237 Å². The van der Waals surface area contributed by atoms with Crippen LogP contribution in [-0.2, 0) is 65.4 Å². The van der Waals surface area contributed by atoms with E-state index in [1.807, 2.05) is 30.4 Å². The second-order valence-electron chi connectivity index (χ2n) is 24.5. The third-order valence-corrected chi connectivity index (χ3v) is 16.7. The third-order valence-electron chi connectivity index (χ3n) is 14.8. The van der Waals surface area contributed by atoms with Crippen molar-refractivity contribution in [3.8, 4) is 0 Å². The van der Waals surface area contributed by atoms with Gasteiger partial charge in [-0.3, -0.25) is 37.3 Å². The number of hydrogen-bond donors (Lipinski definition) is 3. The summed E-state index contributed by atoms with van der Waals surface area (Å²) in [6.45, 7) is 4.18. The third kappa shape index (κ3) is 73.9. The Hall–Kier alpha value is -6.36. The summed E-state index contributed by atoms with van der Waals surface area (Å²) in [5.74, 6) is -2.51. The van der Waals surface area contributed by atoms with Crippen molar-refractivity contribution in [3.63, 3.8) is 0 Å². The molecule has 17 nitrogen and oxygen atoms in total. The van der Waals surface area contributed by atoms with Crippen LogP contribution < -0.4 is 0 Å². The van der Waals surface area contributed by atoms with Crippen LogP contribution in [-0.4, -0.2) is 96.7 Å². The van der Waals surface area contributed by atoms with Gasteiger partial charge in [-0.25, -0.2) is 9.13 Å². The second-order valence-corrected chi connectivity index (χ2v) is 27.4. The molecule has 5 atom stereocenters. The Kier molecular flexibility index (Phi) is 70.3. The first kappa shape index (κ1) is 97.6. The highest BCUT2D eigenvalue weighted by atomic mass is 31.2. The van der Waals surface area contributed by atoms with Crippen LogP contribution in [0.15, 0.2) is 207 Å². The van der Waals surface area contributed by atoms with E-state index >= 15 is 0 Å². The number of aliphatic hydroxyl groups is 1. The summed E-state index contributed by atoms with van der Waals surface area (Å²) in [4.78, 5) is 72.8. The van der Waals surface area contributed by atoms with Gasteiger partial charge in [0.1, 0.15) is 19.3 Å². The van der Waals surface area contributed by atoms with E-state index in [2.05, 4.69) is 192 Å². The molecule has 0 aromatic rings. The number of carbonyl (C=O) groups is 4. The van der Waals surface area contributed by atoms with E-state index < -0.39 is 97.5 Å². The average molecular weight is 1490 g/mol. The molecule has 0 spiro atoms. The van der Waals surface area contributed by atoms with Crippen LogP contribution in [0.3, 0.4) is 0 Å². The molecule has 0 rings (SSSR count). The minimum atomic E-state index is -5.03. The number of hydrogen-bond acceptors (Lipinski definition) is 15. The lowest BCUT2D eigenvalue weighted by molar-refractivity contribution is -0.161. The van der Waals surface area contributed by atoms with Crippen molar-refractivity contribution in [1.82, 2.24) is 0 Å². The quantitative estimate of drug-likeness (QED) is 0.0169. The normalized spacial score (nSPS) is 15.0. The number of unbranched alkanes of at least 4 members (excludes halogenated alkanes) is 10. The Bertz CT molecular complexity index is 2790. The number of rotatable bonds is 69. The van der Waals surface area contributed by atoms with E-state index in [0.717, 1.165) is 141 Å². The molecule has 0 aromatic carbocycles. The van der Waals surface area contributed by atoms with Crippen LogP contribution in [0.2, 0.25) is 0 Å². The maximum atomic E-state index is 13.1. The first-order valence-corrected chi connectivity index (χ1v) is 41.3. The van der Waals surface area contributed by atoms with E-state index in [9.17, 15) is 43.2 Å². The van der Waals surface area contributed by atoms with Crippen LogP contribution in [0.4, 0.5) is 0 Å². The molecule has 0 fully saturated rings. The lowest BCUT2D eigenvalue weighted by Gasteiger charge is -2.21. The Morgan fingerprint density at radius 1 is 0.288 bits per heavy atom. The van der Waals surface area contributed by atoms with Gasteiger partial charge in [0.25, 0.3) is 0 Å². The smallest absolute Gasteiger partial charge is 0.462 e. The number of phosphoric acid groups is 2. The van der Waals surface area contributed by atoms with Gasteiger partial charge >= 0.3 is 39.5 Å². The maximum absolute atomic E-state index is 13.1. The molecule has 19 heteroatoms. The minimum absolute atomic E-state index is 0.00667. The van der Waals surface area contributed by atoms with Gasteiger partial charge in [-0.1, -0.05) is 266 Å². The van der Waals surface area contributed by atoms with Gasteiger partial charge in [0.2, 0.25) is 0 Å². The molecule has 5 unspecified atom stereocenters. The maximum Gasteiger partial charge on any atom is 0.472 e. The minimum Gasteiger partial charge on any atom is -0.462 e. The average Bonchev–Trinajstić information content (AvgIpc) is 0.918. The van der Waals surface area contributed by atoms with Crippen molar-refractivity contribution in [2.75, 3.05) is 39.6 Å². The molecule has 0 saturated carbocycles. The van der Waals surface area contributed by atoms with Gasteiger partial charge < -0.3 is 33.8 Å². The zero-order valence-corrected chi connectivity index (χ0v) is 65.4. The summed E-state index contributed by atoms with van der Waals surface area (Å²) >= 11 is 0. The summed E-state index contributed by atoms with van der Waals surface area (Å²) in [6.07, 6.45) is 93.0. The summed E-state index contributed by atoms with van der Waals surface area (Å²) in [5.41, 5.74) is 0. The predicted octanol–water partition coefficient (Wildman–Crippen LogP) is 22.3. The highest BCUT2D eigenvalue weighted by Crippen LogP contribution is 2.45. The highest BCUT2D eigenvalue weighted by Gasteiger charge is 2.30. The number of allylic oxidation sites excluding steroid dienone is 33. The molecule has 0 heterocycles. The first-order valence-electron chi connectivity index (χ1n) is 38.3. The van der Waals surface area contributed by atoms with Crippen molar-refractivity contribution in [3.05, 3.63) is 207 Å². The fourth-order valence-corrected chi connectivity index (χ4v) is 10.6. The zero-order valence-electron chi connectivity index (χ0n) is 63.6. The van der Waals surface area contributed by atoms with Crippen LogP contribution >= 0.6 is 15.6 Å². The molecule has 0 amide bonds. The molecule has 584 valence electrons. The molecule has 0 aliphatic carbocycles. The largest absolute Gasteiger partial charge is 0.472 e. The number of aliphatic hydroxyl groups excluding tert-OH is 1. The van der Waals surface area contributed by atoms with E-state index in [0.29, 0.717) is 32.1 Å². The monoisotopic (exact) mass is 1490 g/mol. The lowest BCUT2D eigenvalue weighted by atomic mass is 10.1. The zero-order chi connectivity index (χ0) is 76.0. The van der Waals surface area contributed by atoms with E-state index in [1.54, 1.807) is 12.2 Å². The van der Waals surface area contributed by atoms with Crippen LogP contribution in [0.5, 0.6) is 0 Å². The fourth-order valence-electron chi connectivity index (χ4n) is 9.05. The van der Waals surface area contributed by atoms with Gasteiger partial charge in [-0.2, -0.15) is 0 Å². The van der Waals surface area contributed by atoms with Crippen LogP contribution in [0.1, 0.15) is 246 Å². The van der Waals surface area contributed by atoms with Crippen molar-refractivity contribution in [1.29, 1.82) is 0 Å². The van der Waals surface area contributed by atoms with Crippen molar-refractivity contribution in [2.24, 2.45) is 0 Å². The lowest BCUT2D eigenvalue weighted by Crippen LogP contribution is -2.30. The number of carbonyl (C=O) groups excluding carboxylic acids is 4. The SMILES string of the molecule is CC/C=C\C/C=C\C/C=C\C/C=C\C/C=C\C/C=C\CCC(=O)OCC(COP(=O)(O)OCC(O)COP(=O)(O)OCC(COC(=O)CCCC/C=C\C/C=C\C/C=C\C/C=C\CC)OC(=O)CCCCCCC/C=C\C/C=C\CCCCC)OC(=O)C/C=C\C/C=C\C/C=C\C/C=C\C/C=C\CC. The molecule has 3 N–H and O–H groups in total.